The number of nitriles is 1. The monoisotopic (exact) mass is 224 g/mol. The standard InChI is InChI=1S/C12H20N2O2/c1-9-5-6-10(7-13)8-14(9)11(15)16-12(2,3)4/h9-10H,5-6,8H2,1-4H3/t9-,10+/m0/s1. The number of hydrogen-bond donors (Lipinski definition) is 0. The second-order valence-electron chi connectivity index (χ2n) is 5.39. The molecule has 90 valence electrons. The second kappa shape index (κ2) is 4.73. The summed E-state index contributed by atoms with van der Waals surface area (Å²) in [6.45, 7) is 8.04. The number of piperidine rings is 1. The van der Waals surface area contributed by atoms with Gasteiger partial charge in [-0.2, -0.15) is 5.26 Å². The number of likely N-dealkylation sites (tertiary alicyclic amines) is 1. The van der Waals surface area contributed by atoms with Crippen LogP contribution in [0.1, 0.15) is 40.5 Å². The maximum Gasteiger partial charge on any atom is 0.410 e. The molecule has 1 heterocycles. The molecular weight excluding hydrogens is 204 g/mol. The van der Waals surface area contributed by atoms with Crippen molar-refractivity contribution in [2.75, 3.05) is 6.54 Å². The Hall–Kier alpha value is -1.24. The first-order valence-corrected chi connectivity index (χ1v) is 5.72. The highest BCUT2D eigenvalue weighted by Crippen LogP contribution is 2.23. The van der Waals surface area contributed by atoms with Gasteiger partial charge in [-0.3, -0.25) is 0 Å². The third kappa shape index (κ3) is 3.41. The van der Waals surface area contributed by atoms with Gasteiger partial charge in [-0.1, -0.05) is 0 Å². The van der Waals surface area contributed by atoms with E-state index in [1.165, 1.54) is 0 Å². The maximum absolute atomic E-state index is 11.9. The Morgan fingerprint density at radius 1 is 1.44 bits per heavy atom. The third-order valence-electron chi connectivity index (χ3n) is 2.69. The molecule has 0 saturated carbocycles. The summed E-state index contributed by atoms with van der Waals surface area (Å²) in [5.74, 6) is -0.0521. The molecule has 2 atom stereocenters. The molecule has 1 saturated heterocycles. The molecule has 0 aliphatic carbocycles. The van der Waals surface area contributed by atoms with Gasteiger partial charge < -0.3 is 9.64 Å². The number of ether oxygens (including phenoxy) is 1. The van der Waals surface area contributed by atoms with Crippen LogP contribution in [-0.4, -0.2) is 29.2 Å². The maximum atomic E-state index is 11.9. The Kier molecular flexibility index (Phi) is 3.79. The third-order valence-corrected chi connectivity index (χ3v) is 2.69. The minimum Gasteiger partial charge on any atom is -0.444 e. The summed E-state index contributed by atoms with van der Waals surface area (Å²) in [6.07, 6.45) is 1.44. The van der Waals surface area contributed by atoms with Crippen molar-refractivity contribution in [1.29, 1.82) is 5.26 Å². The van der Waals surface area contributed by atoms with Crippen molar-refractivity contribution >= 4 is 6.09 Å². The zero-order chi connectivity index (χ0) is 12.3. The van der Waals surface area contributed by atoms with Crippen LogP contribution in [0.2, 0.25) is 0 Å². The summed E-state index contributed by atoms with van der Waals surface area (Å²) >= 11 is 0. The van der Waals surface area contributed by atoms with E-state index in [-0.39, 0.29) is 18.1 Å². The van der Waals surface area contributed by atoms with Crippen molar-refractivity contribution in [3.8, 4) is 6.07 Å². The molecule has 0 aromatic carbocycles. The number of amides is 1. The lowest BCUT2D eigenvalue weighted by molar-refractivity contribution is 0.00853. The lowest BCUT2D eigenvalue weighted by Crippen LogP contribution is -2.47. The molecule has 4 nitrogen and oxygen atoms in total. The SMILES string of the molecule is C[C@H]1CC[C@H](C#N)CN1C(=O)OC(C)(C)C. The fourth-order valence-electron chi connectivity index (χ4n) is 1.79. The van der Waals surface area contributed by atoms with E-state index in [4.69, 9.17) is 10.00 Å². The normalized spacial score (nSPS) is 26.1. The van der Waals surface area contributed by atoms with Crippen LogP contribution in [0.5, 0.6) is 0 Å². The Balaban J connectivity index is 2.63. The van der Waals surface area contributed by atoms with Gasteiger partial charge in [-0.05, 0) is 40.5 Å². The van der Waals surface area contributed by atoms with Crippen LogP contribution < -0.4 is 0 Å². The van der Waals surface area contributed by atoms with E-state index in [9.17, 15) is 4.79 Å². The van der Waals surface area contributed by atoms with Crippen molar-refractivity contribution in [2.45, 2.75) is 52.2 Å². The van der Waals surface area contributed by atoms with Crippen LogP contribution >= 0.6 is 0 Å². The number of rotatable bonds is 0. The number of hydrogen-bond acceptors (Lipinski definition) is 3. The van der Waals surface area contributed by atoms with Crippen molar-refractivity contribution in [2.24, 2.45) is 5.92 Å². The van der Waals surface area contributed by atoms with Crippen LogP contribution in [0.3, 0.4) is 0 Å². The average molecular weight is 224 g/mol. The van der Waals surface area contributed by atoms with E-state index in [1.54, 1.807) is 4.90 Å². The van der Waals surface area contributed by atoms with Gasteiger partial charge in [-0.15, -0.1) is 0 Å². The minimum atomic E-state index is -0.476. The molecule has 1 aliphatic rings. The molecule has 1 aliphatic heterocycles. The van der Waals surface area contributed by atoms with E-state index in [0.29, 0.717) is 6.54 Å². The molecular formula is C12H20N2O2. The molecule has 0 N–H and O–H groups in total. The lowest BCUT2D eigenvalue weighted by Gasteiger charge is -2.36. The summed E-state index contributed by atoms with van der Waals surface area (Å²) < 4.78 is 5.32. The van der Waals surface area contributed by atoms with Gasteiger partial charge in [0.15, 0.2) is 0 Å². The molecule has 0 aromatic rings. The van der Waals surface area contributed by atoms with Crippen molar-refractivity contribution < 1.29 is 9.53 Å². The van der Waals surface area contributed by atoms with Gasteiger partial charge in [0.1, 0.15) is 5.60 Å². The van der Waals surface area contributed by atoms with Gasteiger partial charge in [0.2, 0.25) is 0 Å². The lowest BCUT2D eigenvalue weighted by atomic mass is 9.95. The van der Waals surface area contributed by atoms with Crippen molar-refractivity contribution in [3.05, 3.63) is 0 Å². The van der Waals surface area contributed by atoms with E-state index >= 15 is 0 Å². The second-order valence-corrected chi connectivity index (χ2v) is 5.39. The van der Waals surface area contributed by atoms with Gasteiger partial charge in [0.05, 0.1) is 12.0 Å². The van der Waals surface area contributed by atoms with Crippen LogP contribution in [0.15, 0.2) is 0 Å². The van der Waals surface area contributed by atoms with Gasteiger partial charge in [-0.25, -0.2) is 4.79 Å². The summed E-state index contributed by atoms with van der Waals surface area (Å²) in [4.78, 5) is 13.5. The first-order chi connectivity index (χ1) is 7.33. The number of nitrogens with zero attached hydrogens (tertiary/aromatic N) is 2. The molecule has 0 unspecified atom stereocenters. The molecule has 0 bridgehead atoms. The van der Waals surface area contributed by atoms with E-state index in [2.05, 4.69) is 6.07 Å². The highest BCUT2D eigenvalue weighted by Gasteiger charge is 2.31. The largest absolute Gasteiger partial charge is 0.444 e. The van der Waals surface area contributed by atoms with E-state index in [0.717, 1.165) is 12.8 Å². The van der Waals surface area contributed by atoms with E-state index in [1.807, 2.05) is 27.7 Å². The molecule has 1 rings (SSSR count). The Labute approximate surface area is 97.2 Å². The zero-order valence-corrected chi connectivity index (χ0v) is 10.5. The molecule has 1 amide bonds. The van der Waals surface area contributed by atoms with Crippen molar-refractivity contribution in [3.63, 3.8) is 0 Å². The van der Waals surface area contributed by atoms with Crippen LogP contribution in [-0.2, 0) is 4.74 Å². The van der Waals surface area contributed by atoms with Gasteiger partial charge in [0.25, 0.3) is 0 Å². The first kappa shape index (κ1) is 12.8. The van der Waals surface area contributed by atoms with Gasteiger partial charge in [0, 0.05) is 12.6 Å². The summed E-state index contributed by atoms with van der Waals surface area (Å²) in [7, 11) is 0. The topological polar surface area (TPSA) is 53.3 Å². The smallest absolute Gasteiger partial charge is 0.410 e. The highest BCUT2D eigenvalue weighted by atomic mass is 16.6. The predicted octanol–water partition coefficient (Wildman–Crippen LogP) is 2.55. The Morgan fingerprint density at radius 2 is 2.06 bits per heavy atom. The van der Waals surface area contributed by atoms with Gasteiger partial charge >= 0.3 is 6.09 Å². The van der Waals surface area contributed by atoms with Crippen LogP contribution in [0.4, 0.5) is 4.79 Å². The summed E-state index contributed by atoms with van der Waals surface area (Å²) in [6, 6.07) is 2.39. The molecule has 0 radical (unpaired) electrons. The fourth-order valence-corrected chi connectivity index (χ4v) is 1.79. The first-order valence-electron chi connectivity index (χ1n) is 5.72. The zero-order valence-electron chi connectivity index (χ0n) is 10.5. The summed E-state index contributed by atoms with van der Waals surface area (Å²) in [5.41, 5.74) is -0.476. The Bertz CT molecular complexity index is 301. The number of carbonyl (C=O) groups excluding carboxylic acids is 1. The molecule has 0 aromatic heterocycles. The summed E-state index contributed by atoms with van der Waals surface area (Å²) in [5, 5.41) is 8.88. The van der Waals surface area contributed by atoms with Crippen LogP contribution in [0, 0.1) is 17.2 Å². The Morgan fingerprint density at radius 3 is 2.56 bits per heavy atom. The molecule has 0 spiro atoms. The van der Waals surface area contributed by atoms with E-state index < -0.39 is 5.60 Å². The number of carbonyl (C=O) groups is 1. The highest BCUT2D eigenvalue weighted by molar-refractivity contribution is 5.68. The average Bonchev–Trinajstić information content (AvgIpc) is 2.15. The molecule has 1 fully saturated rings. The predicted molar refractivity (Wildman–Crippen MR) is 60.7 cm³/mol. The van der Waals surface area contributed by atoms with Crippen molar-refractivity contribution in [1.82, 2.24) is 4.90 Å². The fraction of sp³-hybridized carbons (Fsp3) is 0.833. The minimum absolute atomic E-state index is 0.0521. The molecule has 16 heavy (non-hydrogen) atoms. The van der Waals surface area contributed by atoms with Crippen LogP contribution in [0.25, 0.3) is 0 Å². The quantitative estimate of drug-likeness (QED) is 0.635. The molecule has 4 heteroatoms.